The zero-order valence-electron chi connectivity index (χ0n) is 13.2. The SMILES string of the molecule is CC(C)Cc1ccc(CN(C)CCNC(C)C)cc1. The molecular formula is C17H30N2. The molecule has 0 amide bonds. The predicted octanol–water partition coefficient (Wildman–Crippen LogP) is 3.31. The quantitative estimate of drug-likeness (QED) is 0.773. The maximum Gasteiger partial charge on any atom is 0.0231 e. The summed E-state index contributed by atoms with van der Waals surface area (Å²) in [7, 11) is 2.18. The molecule has 1 aromatic carbocycles. The molecule has 0 aromatic heterocycles. The molecule has 0 unspecified atom stereocenters. The Kier molecular flexibility index (Phi) is 7.11. The van der Waals surface area contributed by atoms with E-state index < -0.39 is 0 Å². The van der Waals surface area contributed by atoms with E-state index in [4.69, 9.17) is 0 Å². The molecule has 0 saturated carbocycles. The fourth-order valence-corrected chi connectivity index (χ4v) is 2.19. The van der Waals surface area contributed by atoms with Crippen LogP contribution in [0.4, 0.5) is 0 Å². The number of benzene rings is 1. The van der Waals surface area contributed by atoms with Crippen molar-refractivity contribution in [2.45, 2.75) is 46.7 Å². The first-order chi connectivity index (χ1) is 8.97. The van der Waals surface area contributed by atoms with Gasteiger partial charge in [0, 0.05) is 25.7 Å². The summed E-state index contributed by atoms with van der Waals surface area (Å²) < 4.78 is 0. The third-order valence-electron chi connectivity index (χ3n) is 3.17. The molecule has 0 fully saturated rings. The lowest BCUT2D eigenvalue weighted by molar-refractivity contribution is 0.320. The fourth-order valence-electron chi connectivity index (χ4n) is 2.19. The molecule has 2 heteroatoms. The highest BCUT2D eigenvalue weighted by Crippen LogP contribution is 2.10. The van der Waals surface area contributed by atoms with Gasteiger partial charge in [-0.1, -0.05) is 52.0 Å². The Morgan fingerprint density at radius 1 is 1.00 bits per heavy atom. The molecule has 0 atom stereocenters. The zero-order chi connectivity index (χ0) is 14.3. The lowest BCUT2D eigenvalue weighted by atomic mass is 10.0. The van der Waals surface area contributed by atoms with Crippen molar-refractivity contribution >= 4 is 0 Å². The van der Waals surface area contributed by atoms with Crippen LogP contribution >= 0.6 is 0 Å². The number of rotatable bonds is 8. The van der Waals surface area contributed by atoms with Gasteiger partial charge in [0.05, 0.1) is 0 Å². The first-order valence-corrected chi connectivity index (χ1v) is 7.47. The van der Waals surface area contributed by atoms with E-state index in [-0.39, 0.29) is 0 Å². The molecule has 0 bridgehead atoms. The monoisotopic (exact) mass is 262 g/mol. The molecular weight excluding hydrogens is 232 g/mol. The Balaban J connectivity index is 2.35. The van der Waals surface area contributed by atoms with E-state index in [1.807, 2.05) is 0 Å². The Hall–Kier alpha value is -0.860. The van der Waals surface area contributed by atoms with E-state index in [9.17, 15) is 0 Å². The Morgan fingerprint density at radius 3 is 2.11 bits per heavy atom. The van der Waals surface area contributed by atoms with Gasteiger partial charge in [0.2, 0.25) is 0 Å². The standard InChI is InChI=1S/C17H30N2/c1-14(2)12-16-6-8-17(9-7-16)13-19(5)11-10-18-15(3)4/h6-9,14-15,18H,10-13H2,1-5H3. The van der Waals surface area contributed by atoms with Crippen LogP contribution in [0.25, 0.3) is 0 Å². The van der Waals surface area contributed by atoms with Gasteiger partial charge in [0.25, 0.3) is 0 Å². The number of hydrogen-bond acceptors (Lipinski definition) is 2. The van der Waals surface area contributed by atoms with Crippen LogP contribution in [0.1, 0.15) is 38.8 Å². The third-order valence-corrected chi connectivity index (χ3v) is 3.17. The lowest BCUT2D eigenvalue weighted by Gasteiger charge is -2.18. The molecule has 108 valence electrons. The van der Waals surface area contributed by atoms with E-state index in [0.29, 0.717) is 6.04 Å². The summed E-state index contributed by atoms with van der Waals surface area (Å²) in [6.45, 7) is 12.1. The van der Waals surface area contributed by atoms with Gasteiger partial charge in [-0.3, -0.25) is 0 Å². The summed E-state index contributed by atoms with van der Waals surface area (Å²) in [5.41, 5.74) is 2.85. The molecule has 1 rings (SSSR count). The van der Waals surface area contributed by atoms with Gasteiger partial charge < -0.3 is 10.2 Å². The molecule has 0 saturated heterocycles. The van der Waals surface area contributed by atoms with Crippen LogP contribution in [0.3, 0.4) is 0 Å². The van der Waals surface area contributed by atoms with Crippen LogP contribution in [0.5, 0.6) is 0 Å². The molecule has 2 nitrogen and oxygen atoms in total. The predicted molar refractivity (Wildman–Crippen MR) is 84.5 cm³/mol. The molecule has 0 heterocycles. The minimum absolute atomic E-state index is 0.573. The van der Waals surface area contributed by atoms with Gasteiger partial charge in [0.1, 0.15) is 0 Å². The molecule has 19 heavy (non-hydrogen) atoms. The van der Waals surface area contributed by atoms with Crippen molar-refractivity contribution in [2.75, 3.05) is 20.1 Å². The summed E-state index contributed by atoms with van der Waals surface area (Å²) in [5.74, 6) is 0.732. The van der Waals surface area contributed by atoms with Crippen molar-refractivity contribution in [1.82, 2.24) is 10.2 Å². The van der Waals surface area contributed by atoms with Gasteiger partial charge in [-0.2, -0.15) is 0 Å². The highest BCUT2D eigenvalue weighted by molar-refractivity contribution is 5.22. The first kappa shape index (κ1) is 16.2. The molecule has 0 aliphatic rings. The van der Waals surface area contributed by atoms with E-state index in [1.54, 1.807) is 0 Å². The van der Waals surface area contributed by atoms with Gasteiger partial charge in [0.15, 0.2) is 0 Å². The van der Waals surface area contributed by atoms with Gasteiger partial charge in [-0.05, 0) is 30.5 Å². The zero-order valence-corrected chi connectivity index (χ0v) is 13.2. The second-order valence-electron chi connectivity index (χ2n) is 6.26. The number of nitrogens with zero attached hydrogens (tertiary/aromatic N) is 1. The molecule has 1 N–H and O–H groups in total. The maximum atomic E-state index is 3.45. The van der Waals surface area contributed by atoms with Crippen LogP contribution < -0.4 is 5.32 Å². The smallest absolute Gasteiger partial charge is 0.0231 e. The van der Waals surface area contributed by atoms with Gasteiger partial charge in [-0.25, -0.2) is 0 Å². The van der Waals surface area contributed by atoms with E-state index in [2.05, 4.69) is 69.2 Å². The second-order valence-corrected chi connectivity index (χ2v) is 6.26. The van der Waals surface area contributed by atoms with Crippen molar-refractivity contribution < 1.29 is 0 Å². The molecule has 0 spiro atoms. The van der Waals surface area contributed by atoms with Crippen LogP contribution in [0.15, 0.2) is 24.3 Å². The van der Waals surface area contributed by atoms with Gasteiger partial charge in [-0.15, -0.1) is 0 Å². The summed E-state index contributed by atoms with van der Waals surface area (Å²) in [6.07, 6.45) is 1.18. The van der Waals surface area contributed by atoms with Crippen LogP contribution in [-0.4, -0.2) is 31.1 Å². The van der Waals surface area contributed by atoms with Crippen molar-refractivity contribution in [3.05, 3.63) is 35.4 Å². The largest absolute Gasteiger partial charge is 0.313 e. The average molecular weight is 262 g/mol. The minimum Gasteiger partial charge on any atom is -0.313 e. The number of nitrogens with one attached hydrogen (secondary N) is 1. The van der Waals surface area contributed by atoms with Crippen molar-refractivity contribution in [2.24, 2.45) is 5.92 Å². The first-order valence-electron chi connectivity index (χ1n) is 7.47. The Labute approximate surface area is 119 Å². The lowest BCUT2D eigenvalue weighted by Crippen LogP contribution is -2.32. The molecule has 0 aliphatic heterocycles. The minimum atomic E-state index is 0.573. The van der Waals surface area contributed by atoms with Crippen LogP contribution in [0.2, 0.25) is 0 Å². The van der Waals surface area contributed by atoms with Crippen molar-refractivity contribution in [1.29, 1.82) is 0 Å². The number of hydrogen-bond donors (Lipinski definition) is 1. The van der Waals surface area contributed by atoms with E-state index in [0.717, 1.165) is 25.6 Å². The van der Waals surface area contributed by atoms with Crippen LogP contribution in [-0.2, 0) is 13.0 Å². The van der Waals surface area contributed by atoms with E-state index in [1.165, 1.54) is 17.5 Å². The topological polar surface area (TPSA) is 15.3 Å². The number of likely N-dealkylation sites (N-methyl/N-ethyl adjacent to an activating group) is 1. The summed E-state index contributed by atoms with van der Waals surface area (Å²) in [5, 5.41) is 3.45. The van der Waals surface area contributed by atoms with Crippen molar-refractivity contribution in [3.8, 4) is 0 Å². The van der Waals surface area contributed by atoms with Crippen LogP contribution in [0, 0.1) is 5.92 Å². The molecule has 0 radical (unpaired) electrons. The summed E-state index contributed by atoms with van der Waals surface area (Å²) in [4.78, 5) is 2.37. The Bertz CT molecular complexity index is 341. The van der Waals surface area contributed by atoms with E-state index >= 15 is 0 Å². The average Bonchev–Trinajstić information content (AvgIpc) is 2.30. The highest BCUT2D eigenvalue weighted by atomic mass is 15.1. The van der Waals surface area contributed by atoms with Crippen molar-refractivity contribution in [3.63, 3.8) is 0 Å². The normalized spacial score (nSPS) is 11.8. The fraction of sp³-hybridized carbons (Fsp3) is 0.647. The third kappa shape index (κ3) is 7.34. The van der Waals surface area contributed by atoms with Gasteiger partial charge >= 0.3 is 0 Å². The summed E-state index contributed by atoms with van der Waals surface area (Å²) >= 11 is 0. The second kappa shape index (κ2) is 8.34. The molecule has 0 aliphatic carbocycles. The summed E-state index contributed by atoms with van der Waals surface area (Å²) in [6, 6.07) is 9.66. The Morgan fingerprint density at radius 2 is 1.58 bits per heavy atom. The maximum absolute atomic E-state index is 3.45. The highest BCUT2D eigenvalue weighted by Gasteiger charge is 2.02. The molecule has 1 aromatic rings.